The van der Waals surface area contributed by atoms with Gasteiger partial charge < -0.3 is 10.3 Å². The molecule has 2 fully saturated rings. The molecule has 0 aliphatic heterocycles. The fourth-order valence-corrected chi connectivity index (χ4v) is 2.84. The third-order valence-corrected chi connectivity index (χ3v) is 4.32. The van der Waals surface area contributed by atoms with Crippen LogP contribution in [0.15, 0.2) is 4.52 Å². The minimum atomic E-state index is -0.00496. The van der Waals surface area contributed by atoms with E-state index in [1.807, 2.05) is 0 Å². The summed E-state index contributed by atoms with van der Waals surface area (Å²) in [7, 11) is 0. The quantitative estimate of drug-likeness (QED) is 0.849. The summed E-state index contributed by atoms with van der Waals surface area (Å²) in [6.45, 7) is 0.638. The molecule has 0 spiro atoms. The first-order valence-electron chi connectivity index (χ1n) is 6.38. The van der Waals surface area contributed by atoms with Crippen molar-refractivity contribution in [2.24, 2.45) is 5.73 Å². The molecule has 0 atom stereocenters. The molecular weight excluding hydrogens is 202 g/mol. The Bertz CT molecular complexity index is 364. The lowest BCUT2D eigenvalue weighted by atomic mass is 9.84. The summed E-state index contributed by atoms with van der Waals surface area (Å²) in [6.07, 6.45) is 8.42. The predicted molar refractivity (Wildman–Crippen MR) is 60.1 cm³/mol. The smallest absolute Gasteiger partial charge is 0.234 e. The first-order valence-corrected chi connectivity index (χ1v) is 6.38. The highest BCUT2D eigenvalue weighted by molar-refractivity contribution is 5.11. The third-order valence-electron chi connectivity index (χ3n) is 4.32. The van der Waals surface area contributed by atoms with Crippen molar-refractivity contribution in [3.05, 3.63) is 11.7 Å². The molecule has 0 unspecified atom stereocenters. The van der Waals surface area contributed by atoms with Crippen LogP contribution in [0, 0.1) is 0 Å². The van der Waals surface area contributed by atoms with E-state index in [1.165, 1.54) is 32.1 Å². The molecule has 2 N–H and O–H groups in total. The van der Waals surface area contributed by atoms with Crippen LogP contribution in [-0.2, 0) is 5.41 Å². The first kappa shape index (κ1) is 10.3. The summed E-state index contributed by atoms with van der Waals surface area (Å²) in [4.78, 5) is 4.60. The normalized spacial score (nSPS) is 24.6. The summed E-state index contributed by atoms with van der Waals surface area (Å²) in [6, 6.07) is 0. The number of hydrogen-bond donors (Lipinski definition) is 1. The second-order valence-corrected chi connectivity index (χ2v) is 5.28. The highest BCUT2D eigenvalue weighted by Crippen LogP contribution is 2.41. The number of aromatic nitrogens is 2. The lowest BCUT2D eigenvalue weighted by Gasteiger charge is -2.23. The predicted octanol–water partition coefficient (Wildman–Crippen LogP) is 2.11. The molecule has 0 aromatic carbocycles. The minimum absolute atomic E-state index is 0.00496. The molecular formula is C12H19N3O. The molecule has 4 heteroatoms. The zero-order chi connectivity index (χ0) is 11.0. The van der Waals surface area contributed by atoms with Crippen molar-refractivity contribution in [3.8, 4) is 0 Å². The molecule has 88 valence electrons. The molecule has 0 bridgehead atoms. The van der Waals surface area contributed by atoms with Gasteiger partial charge in [-0.15, -0.1) is 0 Å². The van der Waals surface area contributed by atoms with Gasteiger partial charge in [-0.2, -0.15) is 4.98 Å². The maximum atomic E-state index is 5.90. The third kappa shape index (κ3) is 1.47. The van der Waals surface area contributed by atoms with Crippen LogP contribution in [0.1, 0.15) is 62.6 Å². The summed E-state index contributed by atoms with van der Waals surface area (Å²) < 4.78 is 5.46. The van der Waals surface area contributed by atoms with Crippen molar-refractivity contribution in [1.29, 1.82) is 0 Å². The number of rotatable bonds is 3. The topological polar surface area (TPSA) is 64.9 Å². The van der Waals surface area contributed by atoms with E-state index in [0.717, 1.165) is 24.6 Å². The molecule has 0 saturated heterocycles. The Kier molecular flexibility index (Phi) is 2.46. The molecule has 4 nitrogen and oxygen atoms in total. The van der Waals surface area contributed by atoms with E-state index < -0.39 is 0 Å². The van der Waals surface area contributed by atoms with Gasteiger partial charge in [0.25, 0.3) is 0 Å². The Morgan fingerprint density at radius 1 is 1.25 bits per heavy atom. The van der Waals surface area contributed by atoms with Crippen molar-refractivity contribution in [3.63, 3.8) is 0 Å². The van der Waals surface area contributed by atoms with Gasteiger partial charge in [-0.05, 0) is 25.7 Å². The minimum Gasteiger partial charge on any atom is -0.339 e. The van der Waals surface area contributed by atoms with Gasteiger partial charge in [0, 0.05) is 12.5 Å². The number of nitrogens with two attached hydrogens (primary N) is 1. The number of nitrogens with zero attached hydrogens (tertiary/aromatic N) is 2. The second kappa shape index (κ2) is 3.84. The van der Waals surface area contributed by atoms with Crippen molar-refractivity contribution in [2.75, 3.05) is 6.54 Å². The van der Waals surface area contributed by atoms with E-state index in [1.54, 1.807) is 0 Å². The standard InChI is InChI=1S/C12H19N3O/c13-8-12(6-1-2-7-12)11-14-10(15-16-11)9-4-3-5-9/h9H,1-8,13H2. The van der Waals surface area contributed by atoms with E-state index in [-0.39, 0.29) is 5.41 Å². The zero-order valence-corrected chi connectivity index (χ0v) is 9.61. The van der Waals surface area contributed by atoms with Crippen molar-refractivity contribution >= 4 is 0 Å². The van der Waals surface area contributed by atoms with E-state index in [0.29, 0.717) is 12.5 Å². The van der Waals surface area contributed by atoms with E-state index in [9.17, 15) is 0 Å². The molecule has 2 aliphatic carbocycles. The second-order valence-electron chi connectivity index (χ2n) is 5.28. The maximum absolute atomic E-state index is 5.90. The van der Waals surface area contributed by atoms with Gasteiger partial charge >= 0.3 is 0 Å². The van der Waals surface area contributed by atoms with Crippen LogP contribution in [0.2, 0.25) is 0 Å². The van der Waals surface area contributed by atoms with Gasteiger partial charge in [0.2, 0.25) is 5.89 Å². The monoisotopic (exact) mass is 221 g/mol. The maximum Gasteiger partial charge on any atom is 0.234 e. The van der Waals surface area contributed by atoms with Crippen LogP contribution < -0.4 is 5.73 Å². The fourth-order valence-electron chi connectivity index (χ4n) is 2.84. The Morgan fingerprint density at radius 3 is 2.56 bits per heavy atom. The van der Waals surface area contributed by atoms with Gasteiger partial charge in [0.1, 0.15) is 0 Å². The summed E-state index contributed by atoms with van der Waals surface area (Å²) in [5.41, 5.74) is 5.90. The Labute approximate surface area is 95.6 Å². The van der Waals surface area contributed by atoms with Crippen LogP contribution in [0.4, 0.5) is 0 Å². The molecule has 3 rings (SSSR count). The van der Waals surface area contributed by atoms with E-state index in [2.05, 4.69) is 10.1 Å². The molecule has 2 aliphatic rings. The Morgan fingerprint density at radius 2 is 2.00 bits per heavy atom. The van der Waals surface area contributed by atoms with Crippen LogP contribution in [-0.4, -0.2) is 16.7 Å². The summed E-state index contributed by atoms with van der Waals surface area (Å²) in [5.74, 6) is 2.27. The molecule has 0 radical (unpaired) electrons. The van der Waals surface area contributed by atoms with Crippen LogP contribution >= 0.6 is 0 Å². The van der Waals surface area contributed by atoms with Crippen LogP contribution in [0.3, 0.4) is 0 Å². The molecule has 1 aromatic rings. The lowest BCUT2D eigenvalue weighted by Crippen LogP contribution is -2.32. The van der Waals surface area contributed by atoms with Gasteiger partial charge in [-0.1, -0.05) is 24.4 Å². The molecule has 0 amide bonds. The van der Waals surface area contributed by atoms with Crippen molar-refractivity contribution < 1.29 is 4.52 Å². The van der Waals surface area contributed by atoms with Gasteiger partial charge in [-0.3, -0.25) is 0 Å². The molecule has 2 saturated carbocycles. The lowest BCUT2D eigenvalue weighted by molar-refractivity contribution is 0.280. The van der Waals surface area contributed by atoms with Crippen LogP contribution in [0.5, 0.6) is 0 Å². The highest BCUT2D eigenvalue weighted by Gasteiger charge is 2.40. The largest absolute Gasteiger partial charge is 0.339 e. The van der Waals surface area contributed by atoms with E-state index >= 15 is 0 Å². The van der Waals surface area contributed by atoms with E-state index in [4.69, 9.17) is 10.3 Å². The summed E-state index contributed by atoms with van der Waals surface area (Å²) >= 11 is 0. The van der Waals surface area contributed by atoms with Crippen LogP contribution in [0.25, 0.3) is 0 Å². The molecule has 1 heterocycles. The molecule has 1 aromatic heterocycles. The van der Waals surface area contributed by atoms with Crippen molar-refractivity contribution in [2.45, 2.75) is 56.3 Å². The molecule has 16 heavy (non-hydrogen) atoms. The summed E-state index contributed by atoms with van der Waals surface area (Å²) in [5, 5.41) is 4.13. The van der Waals surface area contributed by atoms with Gasteiger partial charge in [-0.25, -0.2) is 0 Å². The SMILES string of the molecule is NCC1(c2nc(C3CCC3)no2)CCCC1. The van der Waals surface area contributed by atoms with Gasteiger partial charge in [0.15, 0.2) is 5.82 Å². The Balaban J connectivity index is 1.84. The Hall–Kier alpha value is -0.900. The first-order chi connectivity index (χ1) is 7.84. The number of hydrogen-bond acceptors (Lipinski definition) is 4. The fraction of sp³-hybridized carbons (Fsp3) is 0.833. The highest BCUT2D eigenvalue weighted by atomic mass is 16.5. The average molecular weight is 221 g/mol. The average Bonchev–Trinajstić information content (AvgIpc) is 2.82. The van der Waals surface area contributed by atoms with Crippen molar-refractivity contribution in [1.82, 2.24) is 10.1 Å². The van der Waals surface area contributed by atoms with Gasteiger partial charge in [0.05, 0.1) is 5.41 Å². The zero-order valence-electron chi connectivity index (χ0n) is 9.61.